The SMILES string of the molecule is CCCCCCCCCCCC(=O)N/N=C\c1cccc(OC(=O)c2ccc(Cl)cc2Cl)c1. The largest absolute Gasteiger partial charge is 0.423 e. The van der Waals surface area contributed by atoms with E-state index in [9.17, 15) is 9.59 Å². The Bertz CT molecular complexity index is 932. The van der Waals surface area contributed by atoms with Gasteiger partial charge in [-0.15, -0.1) is 0 Å². The van der Waals surface area contributed by atoms with Crippen molar-refractivity contribution in [1.29, 1.82) is 0 Å². The predicted octanol–water partition coefficient (Wildman–Crippen LogP) is 7.58. The second kappa shape index (κ2) is 15.5. The number of nitrogens with zero attached hydrogens (tertiary/aromatic N) is 1. The molecule has 2 rings (SSSR count). The minimum atomic E-state index is -0.583. The van der Waals surface area contributed by atoms with Crippen LogP contribution < -0.4 is 10.2 Å². The minimum absolute atomic E-state index is 0.103. The lowest BCUT2D eigenvalue weighted by atomic mass is 10.1. The first-order valence-electron chi connectivity index (χ1n) is 11.6. The topological polar surface area (TPSA) is 67.8 Å². The number of hydrogen-bond acceptors (Lipinski definition) is 4. The summed E-state index contributed by atoms with van der Waals surface area (Å²) in [6.45, 7) is 2.23. The zero-order valence-corrected chi connectivity index (χ0v) is 20.6. The van der Waals surface area contributed by atoms with Crippen LogP contribution in [0.1, 0.15) is 87.1 Å². The summed E-state index contributed by atoms with van der Waals surface area (Å²) in [5, 5.41) is 4.66. The first-order chi connectivity index (χ1) is 16.0. The van der Waals surface area contributed by atoms with E-state index >= 15 is 0 Å². The van der Waals surface area contributed by atoms with Crippen LogP contribution in [0.5, 0.6) is 5.75 Å². The molecule has 0 radical (unpaired) electrons. The molecule has 0 aliphatic carbocycles. The highest BCUT2D eigenvalue weighted by Crippen LogP contribution is 2.23. The van der Waals surface area contributed by atoms with E-state index in [0.717, 1.165) is 12.8 Å². The molecule has 0 unspecified atom stereocenters. The number of hydrogen-bond donors (Lipinski definition) is 1. The minimum Gasteiger partial charge on any atom is -0.423 e. The Hall–Kier alpha value is -2.37. The Kier molecular flexibility index (Phi) is 12.6. The standard InChI is InChI=1S/C26H32Cl2N2O3/c1-2-3-4-5-6-7-8-9-10-14-25(31)30-29-19-20-12-11-13-22(17-20)33-26(32)23-16-15-21(27)18-24(23)28/h11-13,15-19H,2-10,14H2,1H3,(H,30,31)/b29-19-. The normalized spacial score (nSPS) is 11.0. The van der Waals surface area contributed by atoms with Gasteiger partial charge in [-0.2, -0.15) is 5.10 Å². The summed E-state index contributed by atoms with van der Waals surface area (Å²) in [5.41, 5.74) is 3.46. The maximum atomic E-state index is 12.3. The summed E-state index contributed by atoms with van der Waals surface area (Å²) >= 11 is 11.9. The van der Waals surface area contributed by atoms with E-state index in [2.05, 4.69) is 17.5 Å². The van der Waals surface area contributed by atoms with Crippen LogP contribution in [0.3, 0.4) is 0 Å². The van der Waals surface area contributed by atoms with Gasteiger partial charge in [0.15, 0.2) is 0 Å². The molecule has 1 N–H and O–H groups in total. The van der Waals surface area contributed by atoms with E-state index in [1.807, 2.05) is 0 Å². The molecule has 0 heterocycles. The lowest BCUT2D eigenvalue weighted by Crippen LogP contribution is -2.16. The third-order valence-corrected chi connectivity index (χ3v) is 5.68. The molecule has 0 bridgehead atoms. The number of carbonyl (C=O) groups excluding carboxylic acids is 2. The van der Waals surface area contributed by atoms with Crippen molar-refractivity contribution in [3.05, 3.63) is 63.6 Å². The van der Waals surface area contributed by atoms with Crippen LogP contribution in [0.15, 0.2) is 47.6 Å². The van der Waals surface area contributed by atoms with E-state index in [4.69, 9.17) is 27.9 Å². The lowest BCUT2D eigenvalue weighted by Gasteiger charge is -2.07. The third kappa shape index (κ3) is 10.9. The van der Waals surface area contributed by atoms with Gasteiger partial charge in [-0.3, -0.25) is 4.79 Å². The van der Waals surface area contributed by atoms with Gasteiger partial charge in [0.25, 0.3) is 0 Å². The van der Waals surface area contributed by atoms with Gasteiger partial charge < -0.3 is 4.74 Å². The predicted molar refractivity (Wildman–Crippen MR) is 135 cm³/mol. The fraction of sp³-hybridized carbons (Fsp3) is 0.423. The van der Waals surface area contributed by atoms with Crippen LogP contribution in [-0.4, -0.2) is 18.1 Å². The van der Waals surface area contributed by atoms with E-state index in [1.54, 1.807) is 30.3 Å². The molecule has 0 saturated heterocycles. The van der Waals surface area contributed by atoms with E-state index in [1.165, 1.54) is 63.3 Å². The van der Waals surface area contributed by atoms with E-state index in [-0.39, 0.29) is 16.5 Å². The Morgan fingerprint density at radius 3 is 2.33 bits per heavy atom. The highest BCUT2D eigenvalue weighted by molar-refractivity contribution is 6.36. The molecular weight excluding hydrogens is 459 g/mol. The van der Waals surface area contributed by atoms with Gasteiger partial charge >= 0.3 is 5.97 Å². The Morgan fingerprint density at radius 2 is 1.64 bits per heavy atom. The average molecular weight is 491 g/mol. The molecule has 1 amide bonds. The maximum Gasteiger partial charge on any atom is 0.345 e. The molecule has 2 aromatic rings. The molecular formula is C26H32Cl2N2O3. The van der Waals surface area contributed by atoms with Crippen molar-refractivity contribution >= 4 is 41.3 Å². The molecule has 2 aromatic carbocycles. The quantitative estimate of drug-likeness (QED) is 0.0974. The van der Waals surface area contributed by atoms with Crippen LogP contribution in [-0.2, 0) is 4.79 Å². The van der Waals surface area contributed by atoms with Crippen LogP contribution in [0.25, 0.3) is 0 Å². The molecule has 0 spiro atoms. The molecule has 0 fully saturated rings. The fourth-order valence-electron chi connectivity index (χ4n) is 3.31. The van der Waals surface area contributed by atoms with Gasteiger partial charge in [0.2, 0.25) is 5.91 Å². The Morgan fingerprint density at radius 1 is 0.939 bits per heavy atom. The summed E-state index contributed by atoms with van der Waals surface area (Å²) in [6, 6.07) is 11.4. The van der Waals surface area contributed by atoms with Crippen molar-refractivity contribution in [3.63, 3.8) is 0 Å². The molecule has 0 atom stereocenters. The van der Waals surface area contributed by atoms with Crippen molar-refractivity contribution in [2.45, 2.75) is 71.1 Å². The Balaban J connectivity index is 1.70. The number of hydrazone groups is 1. The maximum absolute atomic E-state index is 12.3. The first-order valence-corrected chi connectivity index (χ1v) is 12.3. The Labute approximate surface area is 206 Å². The molecule has 0 aliphatic heterocycles. The summed E-state index contributed by atoms with van der Waals surface area (Å²) in [6.07, 6.45) is 12.9. The van der Waals surface area contributed by atoms with E-state index in [0.29, 0.717) is 22.8 Å². The van der Waals surface area contributed by atoms with Crippen molar-refractivity contribution < 1.29 is 14.3 Å². The monoisotopic (exact) mass is 490 g/mol. The average Bonchev–Trinajstić information content (AvgIpc) is 2.78. The van der Waals surface area contributed by atoms with Gasteiger partial charge in [0.1, 0.15) is 5.75 Å². The molecule has 33 heavy (non-hydrogen) atoms. The van der Waals surface area contributed by atoms with Gasteiger partial charge in [-0.25, -0.2) is 10.2 Å². The van der Waals surface area contributed by atoms with E-state index < -0.39 is 5.97 Å². The van der Waals surface area contributed by atoms with Gasteiger partial charge in [0.05, 0.1) is 16.8 Å². The lowest BCUT2D eigenvalue weighted by molar-refractivity contribution is -0.121. The van der Waals surface area contributed by atoms with Crippen molar-refractivity contribution in [1.82, 2.24) is 5.43 Å². The number of halogens is 2. The van der Waals surface area contributed by atoms with Crippen molar-refractivity contribution in [2.75, 3.05) is 0 Å². The molecule has 5 nitrogen and oxygen atoms in total. The fourth-order valence-corrected chi connectivity index (χ4v) is 3.79. The number of carbonyl (C=O) groups is 2. The number of rotatable bonds is 14. The van der Waals surface area contributed by atoms with Crippen LogP contribution in [0.4, 0.5) is 0 Å². The number of esters is 1. The highest BCUT2D eigenvalue weighted by atomic mass is 35.5. The zero-order valence-electron chi connectivity index (χ0n) is 19.1. The number of ether oxygens (including phenoxy) is 1. The second-order valence-corrected chi connectivity index (χ2v) is 8.80. The number of nitrogens with one attached hydrogen (secondary N) is 1. The third-order valence-electron chi connectivity index (χ3n) is 5.13. The summed E-state index contributed by atoms with van der Waals surface area (Å²) in [5.74, 6) is -0.342. The smallest absolute Gasteiger partial charge is 0.345 e. The summed E-state index contributed by atoms with van der Waals surface area (Å²) in [4.78, 5) is 24.3. The van der Waals surface area contributed by atoms with Gasteiger partial charge in [0, 0.05) is 11.4 Å². The summed E-state index contributed by atoms with van der Waals surface area (Å²) < 4.78 is 5.39. The van der Waals surface area contributed by atoms with Crippen LogP contribution >= 0.6 is 23.2 Å². The molecule has 0 saturated carbocycles. The van der Waals surface area contributed by atoms with Gasteiger partial charge in [-0.05, 0) is 42.3 Å². The van der Waals surface area contributed by atoms with Crippen LogP contribution in [0, 0.1) is 0 Å². The molecule has 178 valence electrons. The molecule has 7 heteroatoms. The second-order valence-electron chi connectivity index (χ2n) is 7.96. The van der Waals surface area contributed by atoms with Crippen molar-refractivity contribution in [3.8, 4) is 5.75 Å². The summed E-state index contributed by atoms with van der Waals surface area (Å²) in [7, 11) is 0. The number of benzene rings is 2. The van der Waals surface area contributed by atoms with Crippen molar-refractivity contribution in [2.24, 2.45) is 5.10 Å². The zero-order chi connectivity index (χ0) is 23.9. The van der Waals surface area contributed by atoms with Gasteiger partial charge in [-0.1, -0.05) is 93.6 Å². The highest BCUT2D eigenvalue weighted by Gasteiger charge is 2.13. The molecule has 0 aromatic heterocycles. The number of unbranched alkanes of at least 4 members (excludes halogenated alkanes) is 8. The van der Waals surface area contributed by atoms with Crippen LogP contribution in [0.2, 0.25) is 10.0 Å². The first kappa shape index (κ1) is 26.9. The molecule has 0 aliphatic rings. The number of amides is 1.